The highest BCUT2D eigenvalue weighted by molar-refractivity contribution is 5.97. The summed E-state index contributed by atoms with van der Waals surface area (Å²) >= 11 is 0. The number of benzene rings is 1. The van der Waals surface area contributed by atoms with Crippen LogP contribution in [0.4, 0.5) is 0 Å². The first kappa shape index (κ1) is 25.1. The quantitative estimate of drug-likeness (QED) is 0.573. The molecule has 1 aromatic rings. The van der Waals surface area contributed by atoms with E-state index in [0.717, 1.165) is 0 Å². The average Bonchev–Trinajstić information content (AvgIpc) is 2.69. The van der Waals surface area contributed by atoms with Gasteiger partial charge in [0.05, 0.1) is 21.3 Å². The van der Waals surface area contributed by atoms with Gasteiger partial charge in [-0.3, -0.25) is 14.4 Å². The molecule has 0 aromatic heterocycles. The fraction of sp³-hybridized carbons (Fsp3) is 0.571. The number of amides is 2. The van der Waals surface area contributed by atoms with Crippen LogP contribution in [0.5, 0.6) is 17.2 Å². The maximum Gasteiger partial charge on any atom is 0.326 e. The largest absolute Gasteiger partial charge is 0.493 e. The molecule has 1 unspecified atom stereocenters. The Morgan fingerprint density at radius 3 is 1.80 bits per heavy atom. The first-order chi connectivity index (χ1) is 14.1. The zero-order valence-corrected chi connectivity index (χ0v) is 18.9. The molecule has 9 nitrogen and oxygen atoms in total. The molecule has 9 heteroatoms. The highest BCUT2D eigenvalue weighted by atomic mass is 16.5. The summed E-state index contributed by atoms with van der Waals surface area (Å²) < 4.78 is 20.8. The third-order valence-electron chi connectivity index (χ3n) is 4.34. The minimum absolute atomic E-state index is 0.0293. The lowest BCUT2D eigenvalue weighted by atomic mass is 10.1. The minimum Gasteiger partial charge on any atom is -0.493 e. The molecule has 0 heterocycles. The number of hydrogen-bond donors (Lipinski definition) is 1. The van der Waals surface area contributed by atoms with Gasteiger partial charge in [0.1, 0.15) is 6.54 Å². The highest BCUT2D eigenvalue weighted by Gasteiger charge is 2.27. The fourth-order valence-electron chi connectivity index (χ4n) is 3.07. The van der Waals surface area contributed by atoms with Gasteiger partial charge in [0.15, 0.2) is 17.6 Å². The minimum atomic E-state index is -0.958. The van der Waals surface area contributed by atoms with E-state index in [-0.39, 0.29) is 23.6 Å². The van der Waals surface area contributed by atoms with E-state index in [1.54, 1.807) is 4.90 Å². The molecule has 0 spiro atoms. The molecule has 0 aliphatic heterocycles. The van der Waals surface area contributed by atoms with Gasteiger partial charge in [-0.15, -0.1) is 0 Å². The molecular formula is C21H32N2O7. The van der Waals surface area contributed by atoms with Crippen molar-refractivity contribution in [1.29, 1.82) is 0 Å². The third-order valence-corrected chi connectivity index (χ3v) is 4.34. The lowest BCUT2D eigenvalue weighted by Crippen LogP contribution is -2.48. The van der Waals surface area contributed by atoms with E-state index < -0.39 is 24.5 Å². The maximum atomic E-state index is 12.5. The van der Waals surface area contributed by atoms with E-state index in [9.17, 15) is 14.4 Å². The van der Waals surface area contributed by atoms with Crippen LogP contribution in [-0.2, 0) is 14.3 Å². The summed E-state index contributed by atoms with van der Waals surface area (Å²) in [5.41, 5.74) is 0.215. The van der Waals surface area contributed by atoms with Crippen LogP contribution >= 0.6 is 0 Å². The molecule has 1 aromatic carbocycles. The molecule has 0 saturated carbocycles. The van der Waals surface area contributed by atoms with E-state index in [0.29, 0.717) is 17.2 Å². The zero-order valence-electron chi connectivity index (χ0n) is 18.9. The van der Waals surface area contributed by atoms with Crippen LogP contribution in [0.15, 0.2) is 12.1 Å². The number of nitrogens with zero attached hydrogens (tertiary/aromatic N) is 1. The number of hydrogen-bond acceptors (Lipinski definition) is 7. The van der Waals surface area contributed by atoms with Gasteiger partial charge in [-0.05, 0) is 46.8 Å². The molecule has 30 heavy (non-hydrogen) atoms. The summed E-state index contributed by atoms with van der Waals surface area (Å²) in [6, 6.07) is 2.88. The summed E-state index contributed by atoms with van der Waals surface area (Å²) in [6.45, 7) is 8.69. The van der Waals surface area contributed by atoms with E-state index in [4.69, 9.17) is 18.9 Å². The second kappa shape index (κ2) is 11.3. The average molecular weight is 424 g/mol. The number of nitrogens with one attached hydrogen (secondary N) is 1. The molecule has 168 valence electrons. The van der Waals surface area contributed by atoms with Crippen molar-refractivity contribution < 1.29 is 33.3 Å². The lowest BCUT2D eigenvalue weighted by molar-refractivity contribution is -0.160. The Morgan fingerprint density at radius 1 is 0.900 bits per heavy atom. The fourth-order valence-corrected chi connectivity index (χ4v) is 3.07. The molecule has 1 N–H and O–H groups in total. The van der Waals surface area contributed by atoms with Crippen molar-refractivity contribution in [3.63, 3.8) is 0 Å². The Morgan fingerprint density at radius 2 is 1.40 bits per heavy atom. The Labute approximate surface area is 177 Å². The van der Waals surface area contributed by atoms with Gasteiger partial charge >= 0.3 is 5.97 Å². The Hall–Kier alpha value is -2.97. The zero-order chi connectivity index (χ0) is 23.0. The SMILES string of the molecule is COc1cc(C(=O)NCC(=O)OC(C)C(=O)N(C(C)C)C(C)C)cc(OC)c1OC. The molecule has 0 saturated heterocycles. The van der Waals surface area contributed by atoms with Crippen molar-refractivity contribution >= 4 is 17.8 Å². The summed E-state index contributed by atoms with van der Waals surface area (Å²) in [7, 11) is 4.33. The molecule has 0 bridgehead atoms. The molecule has 0 fully saturated rings. The molecule has 2 amide bonds. The van der Waals surface area contributed by atoms with Crippen LogP contribution in [0.3, 0.4) is 0 Å². The summed E-state index contributed by atoms with van der Waals surface area (Å²) in [4.78, 5) is 38.8. The van der Waals surface area contributed by atoms with Gasteiger partial charge in [0.2, 0.25) is 5.75 Å². The first-order valence-corrected chi connectivity index (χ1v) is 9.67. The molecule has 0 radical (unpaired) electrons. The van der Waals surface area contributed by atoms with Crippen LogP contribution in [0, 0.1) is 0 Å². The normalized spacial score (nSPS) is 11.7. The molecular weight excluding hydrogens is 392 g/mol. The van der Waals surface area contributed by atoms with Crippen molar-refractivity contribution in [3.05, 3.63) is 17.7 Å². The van der Waals surface area contributed by atoms with E-state index in [1.165, 1.54) is 40.4 Å². The third kappa shape index (κ3) is 6.27. The number of ether oxygens (including phenoxy) is 4. The molecule has 0 aliphatic rings. The van der Waals surface area contributed by atoms with Crippen molar-refractivity contribution in [2.75, 3.05) is 27.9 Å². The number of esters is 1. The van der Waals surface area contributed by atoms with Crippen molar-refractivity contribution in [3.8, 4) is 17.2 Å². The van der Waals surface area contributed by atoms with Crippen LogP contribution in [0.1, 0.15) is 45.0 Å². The van der Waals surface area contributed by atoms with Gasteiger partial charge in [-0.1, -0.05) is 0 Å². The second-order valence-corrected chi connectivity index (χ2v) is 7.16. The standard InChI is InChI=1S/C21H32N2O7/c1-12(2)23(13(3)4)21(26)14(5)30-18(24)11-22-20(25)15-9-16(27-6)19(29-8)17(10-15)28-7/h9-10,12-14H,11H2,1-8H3,(H,22,25). The molecule has 1 atom stereocenters. The first-order valence-electron chi connectivity index (χ1n) is 9.67. The van der Waals surface area contributed by atoms with Crippen molar-refractivity contribution in [2.45, 2.75) is 52.8 Å². The Kier molecular flexibility index (Phi) is 9.42. The van der Waals surface area contributed by atoms with Gasteiger partial charge in [0.25, 0.3) is 11.8 Å². The molecule has 0 aliphatic carbocycles. The van der Waals surface area contributed by atoms with E-state index in [2.05, 4.69) is 5.32 Å². The number of carbonyl (C=O) groups is 3. The van der Waals surface area contributed by atoms with Crippen LogP contribution in [0.25, 0.3) is 0 Å². The topological polar surface area (TPSA) is 103 Å². The summed E-state index contributed by atoms with van der Waals surface area (Å²) in [5, 5.41) is 2.47. The summed E-state index contributed by atoms with van der Waals surface area (Å²) in [6.07, 6.45) is -0.958. The monoisotopic (exact) mass is 424 g/mol. The Bertz CT molecular complexity index is 729. The smallest absolute Gasteiger partial charge is 0.326 e. The Balaban J connectivity index is 2.77. The highest BCUT2D eigenvalue weighted by Crippen LogP contribution is 2.38. The number of methoxy groups -OCH3 is 3. The maximum absolute atomic E-state index is 12.5. The second-order valence-electron chi connectivity index (χ2n) is 7.16. The predicted octanol–water partition coefficient (Wildman–Crippen LogP) is 2.02. The van der Waals surface area contributed by atoms with Gasteiger partial charge in [-0.2, -0.15) is 0 Å². The number of rotatable bonds is 10. The molecule has 1 rings (SSSR count). The van der Waals surface area contributed by atoms with Gasteiger partial charge in [-0.25, -0.2) is 0 Å². The van der Waals surface area contributed by atoms with Crippen LogP contribution in [0.2, 0.25) is 0 Å². The lowest BCUT2D eigenvalue weighted by Gasteiger charge is -2.32. The van der Waals surface area contributed by atoms with Crippen molar-refractivity contribution in [1.82, 2.24) is 10.2 Å². The number of carbonyl (C=O) groups excluding carboxylic acids is 3. The van der Waals surface area contributed by atoms with Crippen molar-refractivity contribution in [2.24, 2.45) is 0 Å². The van der Waals surface area contributed by atoms with Crippen LogP contribution in [-0.4, -0.2) is 68.7 Å². The van der Waals surface area contributed by atoms with Gasteiger partial charge in [0, 0.05) is 17.6 Å². The van der Waals surface area contributed by atoms with Gasteiger partial charge < -0.3 is 29.2 Å². The predicted molar refractivity (Wildman–Crippen MR) is 111 cm³/mol. The van der Waals surface area contributed by atoms with E-state index >= 15 is 0 Å². The summed E-state index contributed by atoms with van der Waals surface area (Å²) in [5.74, 6) is -0.565. The van der Waals surface area contributed by atoms with E-state index in [1.807, 2.05) is 27.7 Å². The van der Waals surface area contributed by atoms with Crippen LogP contribution < -0.4 is 19.5 Å².